The van der Waals surface area contributed by atoms with Crippen LogP contribution in [0.5, 0.6) is 0 Å². The lowest BCUT2D eigenvalue weighted by atomic mass is 9.97. The summed E-state index contributed by atoms with van der Waals surface area (Å²) < 4.78 is 4.56. The van der Waals surface area contributed by atoms with Gasteiger partial charge in [-0.05, 0) is 29.9 Å². The van der Waals surface area contributed by atoms with Crippen LogP contribution in [0.1, 0.15) is 42.4 Å². The lowest BCUT2D eigenvalue weighted by Crippen LogP contribution is -2.09. The highest BCUT2D eigenvalue weighted by Crippen LogP contribution is 2.43. The first-order chi connectivity index (χ1) is 7.72. The van der Waals surface area contributed by atoms with Crippen molar-refractivity contribution in [3.8, 4) is 0 Å². The molecule has 1 fully saturated rings. The second-order valence-electron chi connectivity index (χ2n) is 4.20. The van der Waals surface area contributed by atoms with Gasteiger partial charge in [0.05, 0.1) is 19.6 Å². The van der Waals surface area contributed by atoms with E-state index >= 15 is 0 Å². The fraction of sp³-hybridized carbons (Fsp3) is 0.462. The first-order valence-corrected chi connectivity index (χ1v) is 5.56. The van der Waals surface area contributed by atoms with Gasteiger partial charge in [-0.1, -0.05) is 24.3 Å². The Labute approximate surface area is 95.0 Å². The number of aliphatic hydroxyl groups excluding tert-OH is 1. The van der Waals surface area contributed by atoms with Crippen LogP contribution < -0.4 is 0 Å². The average molecular weight is 220 g/mol. The molecule has 0 saturated heterocycles. The van der Waals surface area contributed by atoms with Crippen molar-refractivity contribution >= 4 is 5.97 Å². The van der Waals surface area contributed by atoms with Crippen LogP contribution >= 0.6 is 0 Å². The highest BCUT2D eigenvalue weighted by Gasteiger charge is 2.28. The van der Waals surface area contributed by atoms with Crippen molar-refractivity contribution in [3.63, 3.8) is 0 Å². The zero-order valence-corrected chi connectivity index (χ0v) is 9.35. The van der Waals surface area contributed by atoms with Crippen LogP contribution in [0.4, 0.5) is 0 Å². The molecule has 86 valence electrons. The predicted molar refractivity (Wildman–Crippen MR) is 60.0 cm³/mol. The smallest absolute Gasteiger partial charge is 0.308 e. The first kappa shape index (κ1) is 11.1. The molecule has 1 atom stereocenters. The third kappa shape index (κ3) is 2.42. The Balaban J connectivity index is 2.15. The number of carbonyl (C=O) groups is 1. The molecule has 2 rings (SSSR count). The average Bonchev–Trinajstić information content (AvgIpc) is 3.12. The molecule has 0 radical (unpaired) electrons. The number of rotatable bonds is 4. The number of carbonyl (C=O) groups excluding carboxylic acids is 1. The third-order valence-electron chi connectivity index (χ3n) is 2.96. The van der Waals surface area contributed by atoms with Crippen LogP contribution in [0, 0.1) is 0 Å². The molecule has 0 aliphatic heterocycles. The van der Waals surface area contributed by atoms with E-state index in [4.69, 9.17) is 0 Å². The van der Waals surface area contributed by atoms with Crippen LogP contribution in [0.2, 0.25) is 0 Å². The molecule has 0 bridgehead atoms. The van der Waals surface area contributed by atoms with E-state index in [1.807, 2.05) is 24.3 Å². The molecule has 0 amide bonds. The van der Waals surface area contributed by atoms with Crippen molar-refractivity contribution in [2.75, 3.05) is 7.11 Å². The van der Waals surface area contributed by atoms with E-state index in [0.717, 1.165) is 5.56 Å². The fourth-order valence-electron chi connectivity index (χ4n) is 1.93. The molecule has 3 nitrogen and oxygen atoms in total. The fourth-order valence-corrected chi connectivity index (χ4v) is 1.93. The summed E-state index contributed by atoms with van der Waals surface area (Å²) in [5, 5.41) is 9.98. The van der Waals surface area contributed by atoms with Crippen molar-refractivity contribution in [2.24, 2.45) is 0 Å². The van der Waals surface area contributed by atoms with Gasteiger partial charge in [0.1, 0.15) is 0 Å². The van der Waals surface area contributed by atoms with Gasteiger partial charge >= 0.3 is 5.97 Å². The molecule has 1 aromatic carbocycles. The molecule has 1 aromatic rings. The van der Waals surface area contributed by atoms with Gasteiger partial charge in [-0.2, -0.15) is 0 Å². The molecule has 1 aliphatic rings. The minimum Gasteiger partial charge on any atom is -0.469 e. The molecule has 3 heteroatoms. The molecular weight excluding hydrogens is 204 g/mol. The summed E-state index contributed by atoms with van der Waals surface area (Å²) >= 11 is 0. The molecule has 16 heavy (non-hydrogen) atoms. The van der Waals surface area contributed by atoms with E-state index in [-0.39, 0.29) is 12.4 Å². The van der Waals surface area contributed by atoms with E-state index in [2.05, 4.69) is 4.74 Å². The number of methoxy groups -OCH3 is 1. The van der Waals surface area contributed by atoms with Gasteiger partial charge in [0.15, 0.2) is 0 Å². The second kappa shape index (κ2) is 4.66. The van der Waals surface area contributed by atoms with Crippen LogP contribution in [0.3, 0.4) is 0 Å². The minimum atomic E-state index is -0.746. The maximum absolute atomic E-state index is 11.1. The van der Waals surface area contributed by atoms with Crippen LogP contribution in [-0.4, -0.2) is 18.2 Å². The van der Waals surface area contributed by atoms with Gasteiger partial charge in [0, 0.05) is 0 Å². The van der Waals surface area contributed by atoms with Crippen molar-refractivity contribution in [1.29, 1.82) is 0 Å². The Morgan fingerprint density at radius 3 is 2.81 bits per heavy atom. The molecule has 0 unspecified atom stereocenters. The Hall–Kier alpha value is -1.35. The van der Waals surface area contributed by atoms with Gasteiger partial charge in [0.2, 0.25) is 0 Å². The molecule has 1 N–H and O–H groups in total. The zero-order chi connectivity index (χ0) is 11.5. The third-order valence-corrected chi connectivity index (χ3v) is 2.96. The van der Waals surface area contributed by atoms with Gasteiger partial charge in [-0.25, -0.2) is 0 Å². The molecule has 0 heterocycles. The lowest BCUT2D eigenvalue weighted by Gasteiger charge is -2.14. The van der Waals surface area contributed by atoms with E-state index in [0.29, 0.717) is 5.92 Å². The van der Waals surface area contributed by atoms with E-state index < -0.39 is 6.10 Å². The highest BCUT2D eigenvalue weighted by atomic mass is 16.5. The Bertz CT molecular complexity index is 383. The largest absolute Gasteiger partial charge is 0.469 e. The lowest BCUT2D eigenvalue weighted by molar-refractivity contribution is -0.142. The van der Waals surface area contributed by atoms with Crippen molar-refractivity contribution < 1.29 is 14.6 Å². The summed E-state index contributed by atoms with van der Waals surface area (Å²) in [6, 6.07) is 7.79. The van der Waals surface area contributed by atoms with Crippen molar-refractivity contribution in [3.05, 3.63) is 35.4 Å². The predicted octanol–water partition coefficient (Wildman–Crippen LogP) is 2.16. The monoisotopic (exact) mass is 220 g/mol. The topological polar surface area (TPSA) is 46.5 Å². The molecule has 0 spiro atoms. The van der Waals surface area contributed by atoms with Crippen LogP contribution in [-0.2, 0) is 9.53 Å². The Kier molecular flexibility index (Phi) is 3.25. The van der Waals surface area contributed by atoms with E-state index in [9.17, 15) is 9.90 Å². The normalized spacial score (nSPS) is 16.9. The number of hydrogen-bond acceptors (Lipinski definition) is 3. The van der Waals surface area contributed by atoms with Gasteiger partial charge < -0.3 is 9.84 Å². The minimum absolute atomic E-state index is 0.0280. The number of hydrogen-bond donors (Lipinski definition) is 1. The van der Waals surface area contributed by atoms with Gasteiger partial charge in [0.25, 0.3) is 0 Å². The highest BCUT2D eigenvalue weighted by molar-refractivity contribution is 5.70. The summed E-state index contributed by atoms with van der Waals surface area (Å²) in [4.78, 5) is 11.1. The molecule has 1 aliphatic carbocycles. The summed E-state index contributed by atoms with van der Waals surface area (Å²) in [5.41, 5.74) is 2.05. The van der Waals surface area contributed by atoms with Crippen molar-refractivity contribution in [2.45, 2.75) is 31.3 Å². The second-order valence-corrected chi connectivity index (χ2v) is 4.20. The van der Waals surface area contributed by atoms with Gasteiger partial charge in [-0.3, -0.25) is 4.79 Å². The standard InChI is InChI=1S/C13H16O3/c1-16-13(15)8-12(14)11-5-3-2-4-10(11)9-6-7-9/h2-5,9,12,14H,6-8H2,1H3/t12-/m0/s1. The van der Waals surface area contributed by atoms with Crippen LogP contribution in [0.15, 0.2) is 24.3 Å². The summed E-state index contributed by atoms with van der Waals surface area (Å²) in [5.74, 6) is 0.196. The number of aliphatic hydroxyl groups is 1. The number of esters is 1. The molecule has 0 aromatic heterocycles. The molecular formula is C13H16O3. The van der Waals surface area contributed by atoms with Crippen LogP contribution in [0.25, 0.3) is 0 Å². The SMILES string of the molecule is COC(=O)C[C@H](O)c1ccccc1C1CC1. The summed E-state index contributed by atoms with van der Waals surface area (Å²) in [6.07, 6.45) is 1.65. The van der Waals surface area contributed by atoms with Gasteiger partial charge in [-0.15, -0.1) is 0 Å². The Morgan fingerprint density at radius 1 is 1.50 bits per heavy atom. The number of benzene rings is 1. The van der Waals surface area contributed by atoms with Crippen molar-refractivity contribution in [1.82, 2.24) is 0 Å². The maximum atomic E-state index is 11.1. The summed E-state index contributed by atoms with van der Waals surface area (Å²) in [7, 11) is 1.34. The quantitative estimate of drug-likeness (QED) is 0.791. The first-order valence-electron chi connectivity index (χ1n) is 5.56. The van der Waals surface area contributed by atoms with E-state index in [1.165, 1.54) is 25.5 Å². The molecule has 1 saturated carbocycles. The number of ether oxygens (including phenoxy) is 1. The Morgan fingerprint density at radius 2 is 2.19 bits per heavy atom. The van der Waals surface area contributed by atoms with E-state index in [1.54, 1.807) is 0 Å². The zero-order valence-electron chi connectivity index (χ0n) is 9.35. The summed E-state index contributed by atoms with van der Waals surface area (Å²) in [6.45, 7) is 0. The maximum Gasteiger partial charge on any atom is 0.308 e.